The molecule has 0 N–H and O–H groups in total. The van der Waals surface area contributed by atoms with Gasteiger partial charge in [-0.1, -0.05) is 158 Å². The van der Waals surface area contributed by atoms with Gasteiger partial charge in [-0.05, 0) is 110 Å². The summed E-state index contributed by atoms with van der Waals surface area (Å²) in [5, 5.41) is 4.80. The van der Waals surface area contributed by atoms with E-state index in [2.05, 4.69) is 205 Å². The molecule has 2 heteroatoms. The minimum absolute atomic E-state index is 0.903. The van der Waals surface area contributed by atoms with Crippen molar-refractivity contribution in [3.8, 4) is 44.5 Å². The first-order chi connectivity index (χ1) is 26.8. The highest BCUT2D eigenvalue weighted by atomic mass is 16.3. The van der Waals surface area contributed by atoms with Crippen molar-refractivity contribution in [2.24, 2.45) is 0 Å². The lowest BCUT2D eigenvalue weighted by Gasteiger charge is -2.26. The first kappa shape index (κ1) is 31.6. The molecule has 0 bridgehead atoms. The van der Waals surface area contributed by atoms with Crippen LogP contribution in [-0.2, 0) is 0 Å². The molecular weight excluding hydrogens is 655 g/mol. The number of benzene rings is 9. The Labute approximate surface area is 314 Å². The molecule has 0 saturated heterocycles. The van der Waals surface area contributed by atoms with Crippen molar-refractivity contribution in [3.05, 3.63) is 212 Å². The first-order valence-electron chi connectivity index (χ1n) is 18.4. The molecule has 0 aliphatic heterocycles. The molecule has 0 saturated carbocycles. The molecule has 0 radical (unpaired) electrons. The minimum Gasteiger partial charge on any atom is -0.456 e. The van der Waals surface area contributed by atoms with Crippen LogP contribution in [0.1, 0.15) is 0 Å². The molecule has 1 aromatic heterocycles. The molecule has 0 fully saturated rings. The van der Waals surface area contributed by atoms with Crippen LogP contribution in [0, 0.1) is 0 Å². The summed E-state index contributed by atoms with van der Waals surface area (Å²) in [5.74, 6) is 0. The molecule has 0 atom stereocenters. The number of rotatable bonds is 7. The minimum atomic E-state index is 0.903. The molecular formula is C52H35NO. The average molecular weight is 690 g/mol. The normalized spacial score (nSPS) is 11.3. The van der Waals surface area contributed by atoms with Gasteiger partial charge in [0.25, 0.3) is 0 Å². The number of hydrogen-bond acceptors (Lipinski definition) is 2. The molecule has 54 heavy (non-hydrogen) atoms. The monoisotopic (exact) mass is 689 g/mol. The van der Waals surface area contributed by atoms with Gasteiger partial charge in [-0.15, -0.1) is 0 Å². The molecule has 9 aromatic carbocycles. The zero-order valence-electron chi connectivity index (χ0n) is 29.6. The Hall–Kier alpha value is -7.16. The van der Waals surface area contributed by atoms with Crippen LogP contribution in [0.4, 0.5) is 17.1 Å². The molecule has 10 aromatic rings. The molecule has 0 spiro atoms. The third-order valence-electron chi connectivity index (χ3n) is 10.5. The number of furan rings is 1. The molecule has 10 rings (SSSR count). The molecule has 1 heterocycles. The van der Waals surface area contributed by atoms with Crippen LogP contribution in [0.15, 0.2) is 217 Å². The highest BCUT2D eigenvalue weighted by Gasteiger charge is 2.16. The predicted octanol–water partition coefficient (Wildman–Crippen LogP) is 14.9. The van der Waals surface area contributed by atoms with Gasteiger partial charge in [0.05, 0.1) is 0 Å². The highest BCUT2D eigenvalue weighted by molar-refractivity contribution is 6.12. The fourth-order valence-electron chi connectivity index (χ4n) is 7.85. The van der Waals surface area contributed by atoms with Gasteiger partial charge in [-0.25, -0.2) is 0 Å². The van der Waals surface area contributed by atoms with Gasteiger partial charge < -0.3 is 9.32 Å². The fraction of sp³-hybridized carbons (Fsp3) is 0. The van der Waals surface area contributed by atoms with E-state index in [-0.39, 0.29) is 0 Å². The van der Waals surface area contributed by atoms with Gasteiger partial charge in [0.15, 0.2) is 0 Å². The maximum Gasteiger partial charge on any atom is 0.136 e. The van der Waals surface area contributed by atoms with Gasteiger partial charge in [0, 0.05) is 27.8 Å². The van der Waals surface area contributed by atoms with Gasteiger partial charge in [0.1, 0.15) is 11.2 Å². The highest BCUT2D eigenvalue weighted by Crippen LogP contribution is 2.41. The summed E-state index contributed by atoms with van der Waals surface area (Å²) in [5.41, 5.74) is 14.6. The molecule has 254 valence electrons. The van der Waals surface area contributed by atoms with Crippen LogP contribution in [-0.4, -0.2) is 0 Å². The lowest BCUT2D eigenvalue weighted by molar-refractivity contribution is 0.669. The van der Waals surface area contributed by atoms with E-state index < -0.39 is 0 Å². The van der Waals surface area contributed by atoms with Crippen molar-refractivity contribution in [2.75, 3.05) is 4.90 Å². The van der Waals surface area contributed by atoms with E-state index >= 15 is 0 Å². The summed E-state index contributed by atoms with van der Waals surface area (Å²) in [6.07, 6.45) is 0. The Morgan fingerprint density at radius 2 is 0.833 bits per heavy atom. The SMILES string of the molecule is c1ccc(-c2cccc(N(c3ccc(-c4cccc(-c5cccc6ccccc56)c4)cc3)c3ccc(-c4cccc5oc6ccccc6c45)cc3)c2)cc1. The number of hydrogen-bond donors (Lipinski definition) is 0. The maximum absolute atomic E-state index is 6.22. The quantitative estimate of drug-likeness (QED) is 0.166. The van der Waals surface area contributed by atoms with Crippen LogP contribution in [0.3, 0.4) is 0 Å². The van der Waals surface area contributed by atoms with Crippen LogP contribution in [0.5, 0.6) is 0 Å². The third kappa shape index (κ3) is 5.71. The van der Waals surface area contributed by atoms with Gasteiger partial charge in [-0.2, -0.15) is 0 Å². The number of fused-ring (bicyclic) bond motifs is 4. The van der Waals surface area contributed by atoms with Crippen molar-refractivity contribution < 1.29 is 4.42 Å². The second kappa shape index (κ2) is 13.4. The topological polar surface area (TPSA) is 16.4 Å². The lowest BCUT2D eigenvalue weighted by atomic mass is 9.95. The molecule has 2 nitrogen and oxygen atoms in total. The standard InChI is InChI=1S/C52H35NO/c1-2-12-36(13-3-1)41-17-9-19-45(35-41)53(44-32-28-39(29-33-44)48-23-11-25-51-52(48)49-21-6-7-24-50(49)54-51)43-30-26-37(27-31-43)40-16-8-18-42(34-40)47-22-10-15-38-14-4-5-20-46(38)47/h1-35H. The van der Waals surface area contributed by atoms with Crippen molar-refractivity contribution in [3.63, 3.8) is 0 Å². The van der Waals surface area contributed by atoms with Gasteiger partial charge >= 0.3 is 0 Å². The summed E-state index contributed by atoms with van der Waals surface area (Å²) >= 11 is 0. The van der Waals surface area contributed by atoms with E-state index in [1.54, 1.807) is 0 Å². The summed E-state index contributed by atoms with van der Waals surface area (Å²) in [6, 6.07) is 75.9. The Kier molecular flexibility index (Phi) is 7.85. The van der Waals surface area contributed by atoms with Crippen molar-refractivity contribution >= 4 is 49.8 Å². The fourth-order valence-corrected chi connectivity index (χ4v) is 7.85. The maximum atomic E-state index is 6.22. The van der Waals surface area contributed by atoms with Crippen molar-refractivity contribution in [2.45, 2.75) is 0 Å². The van der Waals surface area contributed by atoms with Crippen LogP contribution in [0.2, 0.25) is 0 Å². The largest absolute Gasteiger partial charge is 0.456 e. The van der Waals surface area contributed by atoms with E-state index in [0.717, 1.165) is 50.1 Å². The number of nitrogens with zero attached hydrogens (tertiary/aromatic N) is 1. The summed E-state index contributed by atoms with van der Waals surface area (Å²) in [4.78, 5) is 2.35. The Balaban J connectivity index is 1.04. The van der Waals surface area contributed by atoms with Crippen LogP contribution >= 0.6 is 0 Å². The van der Waals surface area contributed by atoms with Gasteiger partial charge in [0.2, 0.25) is 0 Å². The second-order valence-corrected chi connectivity index (χ2v) is 13.7. The molecule has 0 amide bonds. The summed E-state index contributed by atoms with van der Waals surface area (Å²) in [6.45, 7) is 0. The summed E-state index contributed by atoms with van der Waals surface area (Å²) in [7, 11) is 0. The Morgan fingerprint density at radius 3 is 1.65 bits per heavy atom. The summed E-state index contributed by atoms with van der Waals surface area (Å²) < 4.78 is 6.22. The van der Waals surface area contributed by atoms with E-state index in [9.17, 15) is 0 Å². The average Bonchev–Trinajstić information content (AvgIpc) is 3.64. The second-order valence-electron chi connectivity index (χ2n) is 13.7. The van der Waals surface area contributed by atoms with Gasteiger partial charge in [-0.3, -0.25) is 0 Å². The Bertz CT molecular complexity index is 2920. The third-order valence-corrected chi connectivity index (χ3v) is 10.5. The van der Waals surface area contributed by atoms with Crippen molar-refractivity contribution in [1.29, 1.82) is 0 Å². The van der Waals surface area contributed by atoms with Crippen LogP contribution < -0.4 is 4.90 Å². The number of anilines is 3. The number of para-hydroxylation sites is 1. The molecule has 0 unspecified atom stereocenters. The van der Waals surface area contributed by atoms with E-state index in [1.807, 2.05) is 12.1 Å². The van der Waals surface area contributed by atoms with Crippen LogP contribution in [0.25, 0.3) is 77.2 Å². The molecule has 0 aliphatic carbocycles. The predicted molar refractivity (Wildman–Crippen MR) is 228 cm³/mol. The zero-order valence-corrected chi connectivity index (χ0v) is 29.6. The molecule has 0 aliphatic rings. The first-order valence-corrected chi connectivity index (χ1v) is 18.4. The Morgan fingerprint density at radius 1 is 0.296 bits per heavy atom. The van der Waals surface area contributed by atoms with E-state index in [0.29, 0.717) is 0 Å². The van der Waals surface area contributed by atoms with E-state index in [4.69, 9.17) is 4.42 Å². The smallest absolute Gasteiger partial charge is 0.136 e. The zero-order chi connectivity index (χ0) is 35.8. The van der Waals surface area contributed by atoms with E-state index in [1.165, 1.54) is 44.2 Å². The van der Waals surface area contributed by atoms with Crippen molar-refractivity contribution in [1.82, 2.24) is 0 Å². The lowest BCUT2D eigenvalue weighted by Crippen LogP contribution is -2.10.